The minimum Gasteiger partial charge on any atom is -0.264 e. The topological polar surface area (TPSA) is 12.9 Å². The van der Waals surface area contributed by atoms with Gasteiger partial charge < -0.3 is 0 Å². The van der Waals surface area contributed by atoms with E-state index >= 15 is 0 Å². The fraction of sp³-hybridized carbons (Fsp3) is 0.762. The molecule has 0 fully saturated rings. The minimum atomic E-state index is 0.955. The van der Waals surface area contributed by atoms with Crippen molar-refractivity contribution in [1.82, 2.24) is 4.98 Å². The Hall–Kier alpha value is -0.850. The molecule has 1 atom stereocenters. The third kappa shape index (κ3) is 27.5. The van der Waals surface area contributed by atoms with E-state index in [9.17, 15) is 0 Å². The maximum atomic E-state index is 3.88. The van der Waals surface area contributed by atoms with Gasteiger partial charge in [-0.1, -0.05) is 99.5 Å². The molecule has 0 radical (unpaired) electrons. The van der Waals surface area contributed by atoms with E-state index in [1.165, 1.54) is 50.5 Å². The van der Waals surface area contributed by atoms with Gasteiger partial charge in [0.1, 0.15) is 0 Å². The third-order valence-corrected chi connectivity index (χ3v) is 3.31. The summed E-state index contributed by atoms with van der Waals surface area (Å²) in [7, 11) is 0. The van der Waals surface area contributed by atoms with Gasteiger partial charge in [0.2, 0.25) is 0 Å². The molecule has 0 aliphatic carbocycles. The molecular formula is C21H43N. The maximum absolute atomic E-state index is 3.88. The first kappa shape index (κ1) is 26.1. The van der Waals surface area contributed by atoms with Crippen LogP contribution in [0, 0.1) is 12.8 Å². The average molecular weight is 310 g/mol. The van der Waals surface area contributed by atoms with Crippen LogP contribution in [0.15, 0.2) is 24.5 Å². The Labute approximate surface area is 142 Å². The van der Waals surface area contributed by atoms with Crippen LogP contribution in [0.25, 0.3) is 0 Å². The zero-order chi connectivity index (χ0) is 17.6. The van der Waals surface area contributed by atoms with Crippen LogP contribution in [-0.2, 0) is 0 Å². The van der Waals surface area contributed by atoms with Crippen LogP contribution in [0.4, 0.5) is 0 Å². The number of unbranched alkanes of at least 4 members (excludes halogenated alkanes) is 3. The molecule has 0 aliphatic rings. The molecule has 1 unspecified atom stereocenters. The highest BCUT2D eigenvalue weighted by atomic mass is 14.6. The van der Waals surface area contributed by atoms with Crippen LogP contribution in [-0.4, -0.2) is 4.98 Å². The standard InChI is InChI=1S/C9H20.C6H7N.C4H10.C2H6/c1-4-6-7-8-9(3)5-2;1-6-3-2-4-7-5-6;1-3-4-2;1-2/h9H,4-8H2,1-3H3;2-5H,1H3;3-4H2,1-2H3;1-2H3. The lowest BCUT2D eigenvalue weighted by Gasteiger charge is -2.05. The molecule has 1 nitrogen and oxygen atoms in total. The molecule has 0 bridgehead atoms. The second-order valence-corrected chi connectivity index (χ2v) is 5.54. The van der Waals surface area contributed by atoms with Crippen molar-refractivity contribution in [3.63, 3.8) is 0 Å². The van der Waals surface area contributed by atoms with Crippen LogP contribution >= 0.6 is 0 Å². The summed E-state index contributed by atoms with van der Waals surface area (Å²) in [5.41, 5.74) is 1.21. The number of hydrogen-bond donors (Lipinski definition) is 0. The Balaban J connectivity index is -0.000000247. The molecule has 1 rings (SSSR count). The van der Waals surface area contributed by atoms with Gasteiger partial charge in [-0.25, -0.2) is 0 Å². The van der Waals surface area contributed by atoms with E-state index in [1.54, 1.807) is 6.20 Å². The van der Waals surface area contributed by atoms with Crippen molar-refractivity contribution in [3.05, 3.63) is 30.1 Å². The number of rotatable bonds is 6. The Morgan fingerprint density at radius 3 is 1.82 bits per heavy atom. The van der Waals surface area contributed by atoms with E-state index < -0.39 is 0 Å². The molecule has 0 N–H and O–H groups in total. The van der Waals surface area contributed by atoms with Crippen molar-refractivity contribution in [2.75, 3.05) is 0 Å². The fourth-order valence-corrected chi connectivity index (χ4v) is 1.40. The van der Waals surface area contributed by atoms with Crippen molar-refractivity contribution in [3.8, 4) is 0 Å². The summed E-state index contributed by atoms with van der Waals surface area (Å²) in [6.07, 6.45) is 13.2. The lowest BCUT2D eigenvalue weighted by Crippen LogP contribution is -1.90. The molecule has 1 heterocycles. The summed E-state index contributed by atoms with van der Waals surface area (Å²) in [5.74, 6) is 0.955. The van der Waals surface area contributed by atoms with Gasteiger partial charge in [-0.2, -0.15) is 0 Å². The van der Waals surface area contributed by atoms with Gasteiger partial charge in [-0.15, -0.1) is 0 Å². The van der Waals surface area contributed by atoms with E-state index in [0.29, 0.717) is 0 Å². The molecule has 0 amide bonds. The Morgan fingerprint density at radius 2 is 1.55 bits per heavy atom. The van der Waals surface area contributed by atoms with Gasteiger partial charge in [0.15, 0.2) is 0 Å². The second kappa shape index (κ2) is 25.1. The SMILES string of the molecule is CC.CCCC.CCCCCC(C)CC.Cc1cccnc1. The molecule has 1 heteroatoms. The normalized spacial score (nSPS) is 10.0. The van der Waals surface area contributed by atoms with E-state index in [1.807, 2.05) is 39.1 Å². The molecule has 22 heavy (non-hydrogen) atoms. The van der Waals surface area contributed by atoms with Crippen molar-refractivity contribution in [2.45, 2.75) is 100 Å². The molecule has 132 valence electrons. The lowest BCUT2D eigenvalue weighted by molar-refractivity contribution is 0.482. The van der Waals surface area contributed by atoms with Gasteiger partial charge in [0, 0.05) is 12.4 Å². The first-order valence-corrected chi connectivity index (χ1v) is 9.48. The highest BCUT2D eigenvalue weighted by Gasteiger charge is 1.95. The smallest absolute Gasteiger partial charge is 0.0297 e. The first-order chi connectivity index (χ1) is 10.6. The van der Waals surface area contributed by atoms with Gasteiger partial charge in [-0.05, 0) is 24.5 Å². The number of hydrogen-bond acceptors (Lipinski definition) is 1. The molecule has 0 aliphatic heterocycles. The Bertz CT molecular complexity index is 254. The van der Waals surface area contributed by atoms with E-state index in [0.717, 1.165) is 5.92 Å². The molecule has 1 aromatic heterocycles. The molecule has 0 spiro atoms. The first-order valence-electron chi connectivity index (χ1n) is 9.48. The highest BCUT2D eigenvalue weighted by molar-refractivity contribution is 5.04. The highest BCUT2D eigenvalue weighted by Crippen LogP contribution is 2.11. The average Bonchev–Trinajstić information content (AvgIpc) is 2.58. The van der Waals surface area contributed by atoms with Crippen molar-refractivity contribution in [1.29, 1.82) is 0 Å². The molecular weight excluding hydrogens is 266 g/mol. The predicted molar refractivity (Wildman–Crippen MR) is 105 cm³/mol. The fourth-order valence-electron chi connectivity index (χ4n) is 1.40. The maximum Gasteiger partial charge on any atom is 0.0297 e. The van der Waals surface area contributed by atoms with Crippen LogP contribution in [0.2, 0.25) is 0 Å². The second-order valence-electron chi connectivity index (χ2n) is 5.54. The number of aryl methyl sites for hydroxylation is 1. The van der Waals surface area contributed by atoms with Crippen LogP contribution in [0.3, 0.4) is 0 Å². The van der Waals surface area contributed by atoms with Crippen molar-refractivity contribution in [2.24, 2.45) is 5.92 Å². The summed E-state index contributed by atoms with van der Waals surface area (Å²) in [5, 5.41) is 0. The van der Waals surface area contributed by atoms with Crippen molar-refractivity contribution < 1.29 is 0 Å². The zero-order valence-electron chi connectivity index (χ0n) is 16.8. The monoisotopic (exact) mass is 309 g/mol. The van der Waals surface area contributed by atoms with Crippen LogP contribution < -0.4 is 0 Å². The predicted octanol–water partition coefficient (Wildman–Crippen LogP) is 7.84. The summed E-state index contributed by atoms with van der Waals surface area (Å²) in [6, 6.07) is 3.95. The quantitative estimate of drug-likeness (QED) is 0.488. The molecule has 0 aromatic carbocycles. The van der Waals surface area contributed by atoms with Gasteiger partial charge in [0.25, 0.3) is 0 Å². The summed E-state index contributed by atoms with van der Waals surface area (Å²) in [4.78, 5) is 3.88. The lowest BCUT2D eigenvalue weighted by atomic mass is 10.0. The van der Waals surface area contributed by atoms with Crippen molar-refractivity contribution >= 4 is 0 Å². The summed E-state index contributed by atoms with van der Waals surface area (Å²) in [6.45, 7) is 17.3. The summed E-state index contributed by atoms with van der Waals surface area (Å²) < 4.78 is 0. The molecule has 0 saturated heterocycles. The number of pyridine rings is 1. The van der Waals surface area contributed by atoms with Crippen LogP contribution in [0.1, 0.15) is 99.0 Å². The van der Waals surface area contributed by atoms with E-state index in [4.69, 9.17) is 0 Å². The minimum absolute atomic E-state index is 0.955. The molecule has 0 saturated carbocycles. The Kier molecular flexibility index (Phi) is 29.8. The summed E-state index contributed by atoms with van der Waals surface area (Å²) >= 11 is 0. The van der Waals surface area contributed by atoms with Gasteiger partial charge in [-0.3, -0.25) is 4.98 Å². The third-order valence-electron chi connectivity index (χ3n) is 3.31. The number of nitrogens with zero attached hydrogens (tertiary/aromatic N) is 1. The van der Waals surface area contributed by atoms with E-state index in [2.05, 4.69) is 39.6 Å². The van der Waals surface area contributed by atoms with Crippen LogP contribution in [0.5, 0.6) is 0 Å². The van der Waals surface area contributed by atoms with Gasteiger partial charge >= 0.3 is 0 Å². The zero-order valence-corrected chi connectivity index (χ0v) is 16.8. The van der Waals surface area contributed by atoms with Gasteiger partial charge in [0.05, 0.1) is 0 Å². The Morgan fingerprint density at radius 1 is 0.955 bits per heavy atom. The number of aromatic nitrogens is 1. The van der Waals surface area contributed by atoms with E-state index in [-0.39, 0.29) is 0 Å². The molecule has 1 aromatic rings. The largest absolute Gasteiger partial charge is 0.264 e.